The highest BCUT2D eigenvalue weighted by molar-refractivity contribution is 5.94. The largest absolute Gasteiger partial charge is 0.481 e. The number of carbonyl (C=O) groups is 1. The van der Waals surface area contributed by atoms with Gasteiger partial charge in [-0.15, -0.1) is 0 Å². The van der Waals surface area contributed by atoms with Gasteiger partial charge in [-0.25, -0.2) is 4.39 Å². The van der Waals surface area contributed by atoms with Crippen molar-refractivity contribution in [3.8, 4) is 11.8 Å². The highest BCUT2D eigenvalue weighted by atomic mass is 19.1. The number of nitrogens with one attached hydrogen (secondary N) is 1. The van der Waals surface area contributed by atoms with Crippen molar-refractivity contribution in [1.82, 2.24) is 0 Å². The summed E-state index contributed by atoms with van der Waals surface area (Å²) in [6.45, 7) is 3.38. The molecule has 5 heteroatoms. The fraction of sp³-hybridized carbons (Fsp3) is 0.176. The van der Waals surface area contributed by atoms with Crippen molar-refractivity contribution in [3.05, 3.63) is 59.4 Å². The van der Waals surface area contributed by atoms with Crippen molar-refractivity contribution in [2.75, 3.05) is 5.32 Å². The number of nitriles is 1. The monoisotopic (exact) mass is 298 g/mol. The zero-order valence-corrected chi connectivity index (χ0v) is 12.3. The van der Waals surface area contributed by atoms with Gasteiger partial charge < -0.3 is 10.1 Å². The number of hydrogen-bond donors (Lipinski definition) is 1. The number of aryl methyl sites for hydroxylation is 1. The molecular formula is C17H15FN2O2. The summed E-state index contributed by atoms with van der Waals surface area (Å²) in [5.41, 5.74) is 1.48. The predicted molar refractivity (Wildman–Crippen MR) is 81.0 cm³/mol. The summed E-state index contributed by atoms with van der Waals surface area (Å²) in [5.74, 6) is -0.482. The van der Waals surface area contributed by atoms with Gasteiger partial charge in [0.25, 0.3) is 5.91 Å². The van der Waals surface area contributed by atoms with Crippen LogP contribution in [0.4, 0.5) is 10.1 Å². The molecule has 2 rings (SSSR count). The molecule has 0 fully saturated rings. The zero-order chi connectivity index (χ0) is 16.1. The number of nitrogens with zero attached hydrogens (tertiary/aromatic N) is 1. The summed E-state index contributed by atoms with van der Waals surface area (Å²) in [5, 5.41) is 11.2. The average Bonchev–Trinajstić information content (AvgIpc) is 2.51. The van der Waals surface area contributed by atoms with E-state index in [9.17, 15) is 9.18 Å². The van der Waals surface area contributed by atoms with Crippen LogP contribution in [0.5, 0.6) is 5.75 Å². The first kappa shape index (κ1) is 15.5. The van der Waals surface area contributed by atoms with Gasteiger partial charge in [0.1, 0.15) is 11.6 Å². The van der Waals surface area contributed by atoms with Crippen LogP contribution in [0.1, 0.15) is 18.1 Å². The predicted octanol–water partition coefficient (Wildman–Crippen LogP) is 3.41. The maximum absolute atomic E-state index is 13.6. The van der Waals surface area contributed by atoms with E-state index < -0.39 is 17.8 Å². The van der Waals surface area contributed by atoms with E-state index in [2.05, 4.69) is 5.32 Å². The molecule has 0 aromatic heterocycles. The van der Waals surface area contributed by atoms with Crippen molar-refractivity contribution in [3.63, 3.8) is 0 Å². The number of benzene rings is 2. The number of rotatable bonds is 4. The van der Waals surface area contributed by atoms with Crippen LogP contribution in [0, 0.1) is 24.1 Å². The molecule has 0 saturated heterocycles. The first-order chi connectivity index (χ1) is 10.5. The molecule has 0 heterocycles. The molecule has 1 N–H and O–H groups in total. The maximum Gasteiger partial charge on any atom is 0.265 e. The lowest BCUT2D eigenvalue weighted by atomic mass is 10.2. The molecule has 0 radical (unpaired) electrons. The second-order valence-electron chi connectivity index (χ2n) is 4.87. The quantitative estimate of drug-likeness (QED) is 0.940. The number of carbonyl (C=O) groups excluding carboxylic acids is 1. The Morgan fingerprint density at radius 2 is 1.95 bits per heavy atom. The minimum absolute atomic E-state index is 0.125. The Bertz CT molecular complexity index is 720. The van der Waals surface area contributed by atoms with Gasteiger partial charge in [0, 0.05) is 0 Å². The van der Waals surface area contributed by atoms with Crippen LogP contribution in [-0.2, 0) is 4.79 Å². The highest BCUT2D eigenvalue weighted by Gasteiger charge is 2.16. The lowest BCUT2D eigenvalue weighted by Gasteiger charge is -2.15. The lowest BCUT2D eigenvalue weighted by Crippen LogP contribution is -2.30. The first-order valence-corrected chi connectivity index (χ1v) is 6.73. The van der Waals surface area contributed by atoms with Crippen LogP contribution < -0.4 is 10.1 Å². The van der Waals surface area contributed by atoms with E-state index in [1.54, 1.807) is 43.3 Å². The Hall–Kier alpha value is -2.87. The van der Waals surface area contributed by atoms with E-state index in [1.807, 2.05) is 13.0 Å². The smallest absolute Gasteiger partial charge is 0.265 e. The van der Waals surface area contributed by atoms with Gasteiger partial charge >= 0.3 is 0 Å². The maximum atomic E-state index is 13.6. The highest BCUT2D eigenvalue weighted by Crippen LogP contribution is 2.17. The minimum atomic E-state index is -0.798. The van der Waals surface area contributed by atoms with E-state index in [0.29, 0.717) is 11.3 Å². The van der Waals surface area contributed by atoms with Gasteiger partial charge in [0.15, 0.2) is 6.10 Å². The Labute approximate surface area is 128 Å². The SMILES string of the molecule is Cc1ccc(F)c(NC(=O)C(C)Oc2ccc(C#N)cc2)c1. The molecule has 2 aromatic rings. The van der Waals surface area contributed by atoms with Gasteiger partial charge in [-0.2, -0.15) is 5.26 Å². The molecule has 0 aliphatic heterocycles. The van der Waals surface area contributed by atoms with Gasteiger partial charge in [-0.05, 0) is 55.8 Å². The number of halogens is 1. The minimum Gasteiger partial charge on any atom is -0.481 e. The molecule has 22 heavy (non-hydrogen) atoms. The fourth-order valence-corrected chi connectivity index (χ4v) is 1.83. The van der Waals surface area contributed by atoms with E-state index in [4.69, 9.17) is 10.00 Å². The molecular weight excluding hydrogens is 283 g/mol. The van der Waals surface area contributed by atoms with Crippen molar-refractivity contribution in [2.45, 2.75) is 20.0 Å². The summed E-state index contributed by atoms with van der Waals surface area (Å²) in [4.78, 5) is 12.0. The molecule has 2 aromatic carbocycles. The Balaban J connectivity index is 2.02. The third-order valence-corrected chi connectivity index (χ3v) is 3.05. The third-order valence-electron chi connectivity index (χ3n) is 3.05. The van der Waals surface area contributed by atoms with Crippen molar-refractivity contribution in [1.29, 1.82) is 5.26 Å². The van der Waals surface area contributed by atoms with Crippen LogP contribution in [-0.4, -0.2) is 12.0 Å². The topological polar surface area (TPSA) is 62.1 Å². The van der Waals surface area contributed by atoms with Gasteiger partial charge in [-0.1, -0.05) is 6.07 Å². The molecule has 112 valence electrons. The Morgan fingerprint density at radius 3 is 2.59 bits per heavy atom. The number of hydrogen-bond acceptors (Lipinski definition) is 3. The normalized spacial score (nSPS) is 11.4. The lowest BCUT2D eigenvalue weighted by molar-refractivity contribution is -0.122. The van der Waals surface area contributed by atoms with Crippen molar-refractivity contribution >= 4 is 11.6 Å². The van der Waals surface area contributed by atoms with Crippen LogP contribution in [0.25, 0.3) is 0 Å². The van der Waals surface area contributed by atoms with E-state index in [-0.39, 0.29) is 5.69 Å². The van der Waals surface area contributed by atoms with Crippen LogP contribution in [0.15, 0.2) is 42.5 Å². The first-order valence-electron chi connectivity index (χ1n) is 6.73. The number of anilines is 1. The summed E-state index contributed by atoms with van der Waals surface area (Å²) >= 11 is 0. The molecule has 0 bridgehead atoms. The number of amides is 1. The second-order valence-corrected chi connectivity index (χ2v) is 4.87. The average molecular weight is 298 g/mol. The molecule has 4 nitrogen and oxygen atoms in total. The van der Waals surface area contributed by atoms with Gasteiger partial charge in [0.05, 0.1) is 17.3 Å². The molecule has 0 aliphatic carbocycles. The fourth-order valence-electron chi connectivity index (χ4n) is 1.83. The van der Waals surface area contributed by atoms with Gasteiger partial charge in [0.2, 0.25) is 0 Å². The molecule has 0 aliphatic rings. The summed E-state index contributed by atoms with van der Waals surface area (Å²) in [6.07, 6.45) is -0.798. The standard InChI is InChI=1S/C17H15FN2O2/c1-11-3-8-15(18)16(9-11)20-17(21)12(2)22-14-6-4-13(10-19)5-7-14/h3-9,12H,1-2H3,(H,20,21). The third kappa shape index (κ3) is 3.83. The van der Waals surface area contributed by atoms with E-state index in [0.717, 1.165) is 5.56 Å². The van der Waals surface area contributed by atoms with Crippen LogP contribution >= 0.6 is 0 Å². The van der Waals surface area contributed by atoms with Crippen LogP contribution in [0.3, 0.4) is 0 Å². The Morgan fingerprint density at radius 1 is 1.27 bits per heavy atom. The molecule has 1 amide bonds. The van der Waals surface area contributed by atoms with E-state index in [1.165, 1.54) is 6.07 Å². The van der Waals surface area contributed by atoms with Gasteiger partial charge in [-0.3, -0.25) is 4.79 Å². The molecule has 0 saturated carbocycles. The molecule has 0 spiro atoms. The number of ether oxygens (including phenoxy) is 1. The van der Waals surface area contributed by atoms with Crippen LogP contribution in [0.2, 0.25) is 0 Å². The molecule has 1 atom stereocenters. The van der Waals surface area contributed by atoms with E-state index >= 15 is 0 Å². The summed E-state index contributed by atoms with van der Waals surface area (Å²) < 4.78 is 19.1. The zero-order valence-electron chi connectivity index (χ0n) is 12.3. The van der Waals surface area contributed by atoms with Crippen molar-refractivity contribution in [2.24, 2.45) is 0 Å². The van der Waals surface area contributed by atoms with Crippen molar-refractivity contribution < 1.29 is 13.9 Å². The summed E-state index contributed by atoms with van der Waals surface area (Å²) in [7, 11) is 0. The second kappa shape index (κ2) is 6.72. The Kier molecular flexibility index (Phi) is 4.74. The summed E-state index contributed by atoms with van der Waals surface area (Å²) in [6, 6.07) is 12.9. The molecule has 1 unspecified atom stereocenters.